The molecule has 1 N–H and O–H groups in total. The highest BCUT2D eigenvalue weighted by Gasteiger charge is 2.56. The van der Waals surface area contributed by atoms with Crippen molar-refractivity contribution in [3.05, 3.63) is 30.3 Å². The van der Waals surface area contributed by atoms with E-state index in [0.29, 0.717) is 13.1 Å². The van der Waals surface area contributed by atoms with Gasteiger partial charge in [-0.25, -0.2) is 4.79 Å². The molecule has 2 aliphatic heterocycles. The Morgan fingerprint density at radius 1 is 1.12 bits per heavy atom. The number of amides is 4. The third kappa shape index (κ3) is 2.91. The first-order chi connectivity index (χ1) is 12.5. The third-order valence-corrected chi connectivity index (χ3v) is 5.74. The van der Waals surface area contributed by atoms with Gasteiger partial charge >= 0.3 is 6.03 Å². The number of carbonyl (C=O) groups is 3. The Hall–Kier alpha value is -2.57. The van der Waals surface area contributed by atoms with Crippen LogP contribution in [0.25, 0.3) is 0 Å². The Bertz CT molecular complexity index is 726. The number of urea groups is 1. The topological polar surface area (TPSA) is 73.0 Å². The van der Waals surface area contributed by atoms with E-state index in [1.54, 1.807) is 11.8 Å². The van der Waals surface area contributed by atoms with Crippen LogP contribution in [0.2, 0.25) is 0 Å². The first-order valence-electron chi connectivity index (χ1n) is 9.21. The maximum Gasteiger partial charge on any atom is 0.325 e. The van der Waals surface area contributed by atoms with Gasteiger partial charge in [-0.2, -0.15) is 0 Å². The van der Waals surface area contributed by atoms with Crippen molar-refractivity contribution in [2.45, 2.75) is 25.3 Å². The SMILES string of the molecule is C[C@]1(C2CC2)NC(=O)N(CC(=O)N2CCN(c3ccccc3)CC2)C1=O. The maximum absolute atomic E-state index is 12.6. The molecule has 0 spiro atoms. The van der Waals surface area contributed by atoms with Gasteiger partial charge in [0.25, 0.3) is 5.91 Å². The lowest BCUT2D eigenvalue weighted by molar-refractivity contribution is -0.139. The minimum absolute atomic E-state index is 0.166. The van der Waals surface area contributed by atoms with Crippen LogP contribution in [0.1, 0.15) is 19.8 Å². The summed E-state index contributed by atoms with van der Waals surface area (Å²) in [4.78, 5) is 42.5. The zero-order chi connectivity index (χ0) is 18.3. The molecule has 1 aromatic rings. The molecule has 26 heavy (non-hydrogen) atoms. The highest BCUT2D eigenvalue weighted by Crippen LogP contribution is 2.42. The van der Waals surface area contributed by atoms with Gasteiger partial charge in [0.05, 0.1) is 0 Å². The lowest BCUT2D eigenvalue weighted by Gasteiger charge is -2.36. The van der Waals surface area contributed by atoms with Crippen molar-refractivity contribution in [1.29, 1.82) is 0 Å². The minimum Gasteiger partial charge on any atom is -0.368 e. The molecule has 2 saturated heterocycles. The Labute approximate surface area is 152 Å². The van der Waals surface area contributed by atoms with Crippen LogP contribution in [0.5, 0.6) is 0 Å². The molecule has 7 nitrogen and oxygen atoms in total. The van der Waals surface area contributed by atoms with Gasteiger partial charge in [-0.1, -0.05) is 18.2 Å². The summed E-state index contributed by atoms with van der Waals surface area (Å²) in [6, 6.07) is 9.66. The van der Waals surface area contributed by atoms with Crippen molar-refractivity contribution < 1.29 is 14.4 Å². The number of nitrogens with one attached hydrogen (secondary N) is 1. The monoisotopic (exact) mass is 356 g/mol. The summed E-state index contributed by atoms with van der Waals surface area (Å²) in [5.41, 5.74) is 0.317. The van der Waals surface area contributed by atoms with Crippen molar-refractivity contribution in [2.75, 3.05) is 37.6 Å². The van der Waals surface area contributed by atoms with Crippen molar-refractivity contribution in [3.63, 3.8) is 0 Å². The maximum atomic E-state index is 12.6. The fraction of sp³-hybridized carbons (Fsp3) is 0.526. The van der Waals surface area contributed by atoms with Crippen LogP contribution in [-0.4, -0.2) is 65.9 Å². The third-order valence-electron chi connectivity index (χ3n) is 5.74. The number of rotatable bonds is 4. The van der Waals surface area contributed by atoms with Crippen LogP contribution < -0.4 is 10.2 Å². The van der Waals surface area contributed by atoms with Crippen LogP contribution in [0.15, 0.2) is 30.3 Å². The molecule has 1 aromatic carbocycles. The number of hydrogen-bond acceptors (Lipinski definition) is 4. The molecular formula is C19H24N4O3. The number of carbonyl (C=O) groups excluding carboxylic acids is 3. The summed E-state index contributed by atoms with van der Waals surface area (Å²) in [6.07, 6.45) is 1.90. The molecule has 2 heterocycles. The van der Waals surface area contributed by atoms with Gasteiger partial charge in [0.1, 0.15) is 12.1 Å². The summed E-state index contributed by atoms with van der Waals surface area (Å²) >= 11 is 0. The highest BCUT2D eigenvalue weighted by atomic mass is 16.2. The Morgan fingerprint density at radius 2 is 1.77 bits per heavy atom. The van der Waals surface area contributed by atoms with E-state index < -0.39 is 11.6 Å². The van der Waals surface area contributed by atoms with Crippen LogP contribution in [0, 0.1) is 5.92 Å². The molecule has 0 aromatic heterocycles. The Morgan fingerprint density at radius 3 is 2.38 bits per heavy atom. The lowest BCUT2D eigenvalue weighted by atomic mass is 9.96. The van der Waals surface area contributed by atoms with Gasteiger partial charge in [0.2, 0.25) is 5.91 Å². The van der Waals surface area contributed by atoms with E-state index >= 15 is 0 Å². The second-order valence-electron chi connectivity index (χ2n) is 7.50. The summed E-state index contributed by atoms with van der Waals surface area (Å²) in [7, 11) is 0. The minimum atomic E-state index is -0.830. The molecule has 7 heteroatoms. The smallest absolute Gasteiger partial charge is 0.325 e. The average molecular weight is 356 g/mol. The zero-order valence-corrected chi connectivity index (χ0v) is 15.0. The zero-order valence-electron chi connectivity index (χ0n) is 15.0. The molecular weight excluding hydrogens is 332 g/mol. The van der Waals surface area contributed by atoms with E-state index in [1.807, 2.05) is 18.2 Å². The number of nitrogens with zero attached hydrogens (tertiary/aromatic N) is 3. The van der Waals surface area contributed by atoms with Crippen LogP contribution in [0.4, 0.5) is 10.5 Å². The largest absolute Gasteiger partial charge is 0.368 e. The molecule has 0 radical (unpaired) electrons. The number of imide groups is 1. The van der Waals surface area contributed by atoms with Crippen molar-refractivity contribution in [1.82, 2.24) is 15.1 Å². The number of hydrogen-bond donors (Lipinski definition) is 1. The standard InChI is InChI=1S/C19H24N4O3/c1-19(14-7-8-14)17(25)23(18(26)20-19)13-16(24)22-11-9-21(10-12-22)15-5-3-2-4-6-15/h2-6,14H,7-13H2,1H3,(H,20,26)/t19-/m1/s1. The summed E-state index contributed by atoms with van der Waals surface area (Å²) in [5.74, 6) is -0.226. The number of piperazine rings is 1. The molecule has 3 fully saturated rings. The van der Waals surface area contributed by atoms with E-state index in [9.17, 15) is 14.4 Å². The Balaban J connectivity index is 1.34. The molecule has 4 amide bonds. The van der Waals surface area contributed by atoms with Crippen LogP contribution in [0.3, 0.4) is 0 Å². The van der Waals surface area contributed by atoms with E-state index in [-0.39, 0.29) is 24.3 Å². The highest BCUT2D eigenvalue weighted by molar-refractivity contribution is 6.09. The Kier molecular flexibility index (Phi) is 4.09. The van der Waals surface area contributed by atoms with Gasteiger partial charge in [0.15, 0.2) is 0 Å². The summed E-state index contributed by atoms with van der Waals surface area (Å²) < 4.78 is 0. The number of para-hydroxylation sites is 1. The fourth-order valence-corrected chi connectivity index (χ4v) is 3.88. The first kappa shape index (κ1) is 16.9. The van der Waals surface area contributed by atoms with Gasteiger partial charge in [0, 0.05) is 31.9 Å². The summed E-state index contributed by atoms with van der Waals surface area (Å²) in [5, 5.41) is 2.79. The van der Waals surface area contributed by atoms with Gasteiger partial charge in [-0.05, 0) is 37.8 Å². The van der Waals surface area contributed by atoms with E-state index in [0.717, 1.165) is 36.5 Å². The van der Waals surface area contributed by atoms with Gasteiger partial charge in [-0.15, -0.1) is 0 Å². The molecule has 1 saturated carbocycles. The summed E-state index contributed by atoms with van der Waals surface area (Å²) in [6.45, 7) is 4.28. The lowest BCUT2D eigenvalue weighted by Crippen LogP contribution is -2.52. The van der Waals surface area contributed by atoms with Crippen molar-refractivity contribution in [3.8, 4) is 0 Å². The van der Waals surface area contributed by atoms with Gasteiger partial charge < -0.3 is 15.1 Å². The predicted molar refractivity (Wildman–Crippen MR) is 96.6 cm³/mol. The molecule has 3 aliphatic rings. The number of benzene rings is 1. The second-order valence-corrected chi connectivity index (χ2v) is 7.50. The van der Waals surface area contributed by atoms with E-state index in [1.165, 1.54) is 0 Å². The van der Waals surface area contributed by atoms with E-state index in [2.05, 4.69) is 22.3 Å². The number of anilines is 1. The quantitative estimate of drug-likeness (QED) is 0.819. The molecule has 0 bridgehead atoms. The van der Waals surface area contributed by atoms with E-state index in [4.69, 9.17) is 0 Å². The first-order valence-corrected chi connectivity index (χ1v) is 9.21. The molecule has 0 unspecified atom stereocenters. The predicted octanol–water partition coefficient (Wildman–Crippen LogP) is 1.06. The van der Waals surface area contributed by atoms with Gasteiger partial charge in [-0.3, -0.25) is 14.5 Å². The molecule has 1 atom stereocenters. The van der Waals surface area contributed by atoms with Crippen LogP contribution >= 0.6 is 0 Å². The normalized spacial score (nSPS) is 26.3. The molecule has 138 valence electrons. The van der Waals surface area contributed by atoms with Crippen molar-refractivity contribution >= 4 is 23.5 Å². The fourth-order valence-electron chi connectivity index (χ4n) is 3.88. The van der Waals surface area contributed by atoms with Crippen molar-refractivity contribution in [2.24, 2.45) is 5.92 Å². The average Bonchev–Trinajstić information content (AvgIpc) is 3.49. The second kappa shape index (κ2) is 6.30. The molecule has 4 rings (SSSR count). The van der Waals surface area contributed by atoms with Crippen LogP contribution in [-0.2, 0) is 9.59 Å². The molecule has 1 aliphatic carbocycles.